The molecule has 2 fully saturated rings. The van der Waals surface area contributed by atoms with E-state index in [-0.39, 0.29) is 0 Å². The van der Waals surface area contributed by atoms with Gasteiger partial charge in [-0.15, -0.1) is 0 Å². The Bertz CT molecular complexity index is 429. The second-order valence-electron chi connectivity index (χ2n) is 5.46. The molecule has 1 atom stereocenters. The van der Waals surface area contributed by atoms with E-state index in [1.807, 2.05) is 18.2 Å². The van der Waals surface area contributed by atoms with Crippen molar-refractivity contribution in [2.75, 3.05) is 57.3 Å². The van der Waals surface area contributed by atoms with Gasteiger partial charge in [-0.25, -0.2) is 0 Å². The molecule has 0 amide bonds. The number of hydrogen-bond acceptors (Lipinski definition) is 4. The maximum absolute atomic E-state index is 6.06. The van der Waals surface area contributed by atoms with Crippen LogP contribution < -0.4 is 10.2 Å². The summed E-state index contributed by atoms with van der Waals surface area (Å²) in [4.78, 5) is 4.90. The van der Waals surface area contributed by atoms with Crippen molar-refractivity contribution in [3.05, 3.63) is 29.3 Å². The zero-order valence-electron chi connectivity index (χ0n) is 11.7. The van der Waals surface area contributed by atoms with Gasteiger partial charge in [-0.05, 0) is 18.2 Å². The molecule has 0 radical (unpaired) electrons. The molecule has 2 saturated heterocycles. The van der Waals surface area contributed by atoms with Gasteiger partial charge in [0.2, 0.25) is 0 Å². The molecule has 2 aliphatic rings. The van der Waals surface area contributed by atoms with E-state index in [2.05, 4.69) is 21.2 Å². The Kier molecular flexibility index (Phi) is 4.78. The molecule has 0 saturated carbocycles. The lowest BCUT2D eigenvalue weighted by molar-refractivity contribution is 0.00465. The number of morpholine rings is 1. The van der Waals surface area contributed by atoms with Gasteiger partial charge in [-0.1, -0.05) is 17.7 Å². The van der Waals surface area contributed by atoms with E-state index in [9.17, 15) is 0 Å². The third-order valence-electron chi connectivity index (χ3n) is 4.01. The number of piperazine rings is 1. The molecule has 0 spiro atoms. The maximum Gasteiger partial charge on any atom is 0.0826 e. The normalized spacial score (nSPS) is 24.9. The highest BCUT2D eigenvalue weighted by Crippen LogP contribution is 2.20. The molecular formula is C15H22ClN3O. The van der Waals surface area contributed by atoms with Crippen LogP contribution in [0.25, 0.3) is 0 Å². The molecule has 2 heterocycles. The molecule has 5 heteroatoms. The highest BCUT2D eigenvalue weighted by Gasteiger charge is 2.21. The SMILES string of the molecule is Clc1cccc(N2CCN(CC3CNCCO3)CC2)c1. The minimum atomic E-state index is 0.349. The molecule has 110 valence electrons. The first kappa shape index (κ1) is 14.1. The van der Waals surface area contributed by atoms with Crippen molar-refractivity contribution in [3.8, 4) is 0 Å². The lowest BCUT2D eigenvalue weighted by Crippen LogP contribution is -2.51. The lowest BCUT2D eigenvalue weighted by Gasteiger charge is -2.38. The molecular weight excluding hydrogens is 274 g/mol. The first-order valence-electron chi connectivity index (χ1n) is 7.36. The van der Waals surface area contributed by atoms with Crippen LogP contribution in [0.2, 0.25) is 5.02 Å². The summed E-state index contributed by atoms with van der Waals surface area (Å²) < 4.78 is 5.77. The van der Waals surface area contributed by atoms with Crippen LogP contribution in [-0.4, -0.2) is 63.4 Å². The molecule has 20 heavy (non-hydrogen) atoms. The number of anilines is 1. The first-order valence-corrected chi connectivity index (χ1v) is 7.74. The van der Waals surface area contributed by atoms with E-state index >= 15 is 0 Å². The van der Waals surface area contributed by atoms with E-state index in [1.165, 1.54) is 5.69 Å². The second kappa shape index (κ2) is 6.76. The van der Waals surface area contributed by atoms with Crippen LogP contribution in [0.15, 0.2) is 24.3 Å². The van der Waals surface area contributed by atoms with E-state index in [1.54, 1.807) is 0 Å². The van der Waals surface area contributed by atoms with Crippen molar-refractivity contribution in [1.29, 1.82) is 0 Å². The second-order valence-corrected chi connectivity index (χ2v) is 5.90. The number of nitrogens with zero attached hydrogens (tertiary/aromatic N) is 2. The predicted octanol–water partition coefficient (Wildman–Crippen LogP) is 1.45. The maximum atomic E-state index is 6.06. The molecule has 0 aliphatic carbocycles. The number of hydrogen-bond donors (Lipinski definition) is 1. The summed E-state index contributed by atoms with van der Waals surface area (Å²) in [6.07, 6.45) is 0.349. The fraction of sp³-hybridized carbons (Fsp3) is 0.600. The lowest BCUT2D eigenvalue weighted by atomic mass is 10.2. The van der Waals surface area contributed by atoms with Crippen LogP contribution in [-0.2, 0) is 4.74 Å². The monoisotopic (exact) mass is 295 g/mol. The Morgan fingerprint density at radius 3 is 2.80 bits per heavy atom. The summed E-state index contributed by atoms with van der Waals surface area (Å²) in [5.74, 6) is 0. The van der Waals surface area contributed by atoms with Gasteiger partial charge in [-0.3, -0.25) is 4.90 Å². The fourth-order valence-electron chi connectivity index (χ4n) is 2.89. The van der Waals surface area contributed by atoms with Crippen LogP contribution in [0.5, 0.6) is 0 Å². The van der Waals surface area contributed by atoms with Crippen LogP contribution in [0.1, 0.15) is 0 Å². The molecule has 1 aromatic rings. The standard InChI is InChI=1S/C15H22ClN3O/c16-13-2-1-3-14(10-13)19-7-5-18(6-8-19)12-15-11-17-4-9-20-15/h1-3,10,15,17H,4-9,11-12H2. The summed E-state index contributed by atoms with van der Waals surface area (Å²) in [6.45, 7) is 8.14. The Hall–Kier alpha value is -0.810. The van der Waals surface area contributed by atoms with Crippen molar-refractivity contribution >= 4 is 17.3 Å². The zero-order chi connectivity index (χ0) is 13.8. The summed E-state index contributed by atoms with van der Waals surface area (Å²) >= 11 is 6.06. The molecule has 3 rings (SSSR count). The van der Waals surface area contributed by atoms with Gasteiger partial charge in [-0.2, -0.15) is 0 Å². The summed E-state index contributed by atoms with van der Waals surface area (Å²) in [7, 11) is 0. The highest BCUT2D eigenvalue weighted by atomic mass is 35.5. The van der Waals surface area contributed by atoms with Crippen molar-refractivity contribution < 1.29 is 4.74 Å². The average molecular weight is 296 g/mol. The molecule has 1 unspecified atom stereocenters. The largest absolute Gasteiger partial charge is 0.374 e. The van der Waals surface area contributed by atoms with E-state index in [0.717, 1.165) is 57.4 Å². The van der Waals surface area contributed by atoms with Gasteiger partial charge in [0.1, 0.15) is 0 Å². The van der Waals surface area contributed by atoms with E-state index in [0.29, 0.717) is 6.10 Å². The van der Waals surface area contributed by atoms with Crippen LogP contribution >= 0.6 is 11.6 Å². The van der Waals surface area contributed by atoms with Gasteiger partial charge < -0.3 is 15.0 Å². The molecule has 4 nitrogen and oxygen atoms in total. The Morgan fingerprint density at radius 1 is 1.25 bits per heavy atom. The molecule has 0 aromatic heterocycles. The number of rotatable bonds is 3. The topological polar surface area (TPSA) is 27.7 Å². The average Bonchev–Trinajstić information content (AvgIpc) is 2.49. The first-order chi connectivity index (χ1) is 9.81. The minimum Gasteiger partial charge on any atom is -0.374 e. The van der Waals surface area contributed by atoms with Gasteiger partial charge in [0.05, 0.1) is 12.7 Å². The number of halogens is 1. The van der Waals surface area contributed by atoms with Crippen molar-refractivity contribution in [3.63, 3.8) is 0 Å². The van der Waals surface area contributed by atoms with Crippen molar-refractivity contribution in [1.82, 2.24) is 10.2 Å². The number of nitrogens with one attached hydrogen (secondary N) is 1. The van der Waals surface area contributed by atoms with Crippen LogP contribution in [0.4, 0.5) is 5.69 Å². The fourth-order valence-corrected chi connectivity index (χ4v) is 3.07. The third-order valence-corrected chi connectivity index (χ3v) is 4.25. The molecule has 0 bridgehead atoms. The van der Waals surface area contributed by atoms with Gasteiger partial charge in [0, 0.05) is 56.5 Å². The zero-order valence-corrected chi connectivity index (χ0v) is 12.5. The van der Waals surface area contributed by atoms with Crippen LogP contribution in [0.3, 0.4) is 0 Å². The third kappa shape index (κ3) is 3.64. The summed E-state index contributed by atoms with van der Waals surface area (Å²) in [6, 6.07) is 8.13. The van der Waals surface area contributed by atoms with E-state index < -0.39 is 0 Å². The minimum absolute atomic E-state index is 0.349. The molecule has 1 aromatic carbocycles. The number of benzene rings is 1. The van der Waals surface area contributed by atoms with Gasteiger partial charge in [0.25, 0.3) is 0 Å². The van der Waals surface area contributed by atoms with Gasteiger partial charge >= 0.3 is 0 Å². The van der Waals surface area contributed by atoms with E-state index in [4.69, 9.17) is 16.3 Å². The van der Waals surface area contributed by atoms with Crippen molar-refractivity contribution in [2.45, 2.75) is 6.10 Å². The Morgan fingerprint density at radius 2 is 2.10 bits per heavy atom. The van der Waals surface area contributed by atoms with Crippen LogP contribution in [0, 0.1) is 0 Å². The van der Waals surface area contributed by atoms with Gasteiger partial charge in [0.15, 0.2) is 0 Å². The highest BCUT2D eigenvalue weighted by molar-refractivity contribution is 6.30. The smallest absolute Gasteiger partial charge is 0.0826 e. The summed E-state index contributed by atoms with van der Waals surface area (Å²) in [5.41, 5.74) is 1.23. The van der Waals surface area contributed by atoms with Crippen molar-refractivity contribution in [2.24, 2.45) is 0 Å². The quantitative estimate of drug-likeness (QED) is 0.913. The Labute approximate surface area is 125 Å². The molecule has 2 aliphatic heterocycles. The molecule has 1 N–H and O–H groups in total. The summed E-state index contributed by atoms with van der Waals surface area (Å²) in [5, 5.41) is 4.20. The Balaban J connectivity index is 1.49. The predicted molar refractivity (Wildman–Crippen MR) is 82.7 cm³/mol. The number of ether oxygens (including phenoxy) is 1.